The van der Waals surface area contributed by atoms with E-state index >= 15 is 0 Å². The Morgan fingerprint density at radius 3 is 2.57 bits per heavy atom. The van der Waals surface area contributed by atoms with Crippen molar-refractivity contribution in [3.05, 3.63) is 60.3 Å². The van der Waals surface area contributed by atoms with Crippen LogP contribution < -0.4 is 20.1 Å². The number of benzene rings is 1. The lowest BCUT2D eigenvalue weighted by atomic mass is 10.0. The summed E-state index contributed by atoms with van der Waals surface area (Å²) in [7, 11) is 1.58. The van der Waals surface area contributed by atoms with Crippen LogP contribution in [0.2, 0.25) is 0 Å². The molecule has 280 valence electrons. The Morgan fingerprint density at radius 1 is 0.981 bits per heavy atom. The fourth-order valence-electron chi connectivity index (χ4n) is 7.88. The lowest BCUT2D eigenvalue weighted by Crippen LogP contribution is -2.56. The molecule has 2 saturated carbocycles. The van der Waals surface area contributed by atoms with Gasteiger partial charge in [0.15, 0.2) is 0 Å². The van der Waals surface area contributed by atoms with Crippen LogP contribution in [0.25, 0.3) is 22.3 Å². The van der Waals surface area contributed by atoms with Gasteiger partial charge in [0, 0.05) is 35.6 Å². The minimum absolute atomic E-state index is 0.0359. The number of nitrogens with zero attached hydrogens (tertiary/aromatic N) is 3. The van der Waals surface area contributed by atoms with Gasteiger partial charge in [-0.1, -0.05) is 31.1 Å². The van der Waals surface area contributed by atoms with Crippen molar-refractivity contribution in [2.45, 2.75) is 107 Å². The average molecular weight is 726 g/mol. The number of alkyl carbamates (subject to hydrolysis) is 1. The van der Waals surface area contributed by atoms with E-state index in [2.05, 4.69) is 15.6 Å². The molecule has 2 aromatic heterocycles. The molecule has 2 aliphatic heterocycles. The fourth-order valence-corrected chi connectivity index (χ4v) is 7.88. The van der Waals surface area contributed by atoms with Gasteiger partial charge in [-0.25, -0.2) is 14.6 Å². The third kappa shape index (κ3) is 7.93. The van der Waals surface area contributed by atoms with Crippen LogP contribution in [0, 0.1) is 12.8 Å². The summed E-state index contributed by atoms with van der Waals surface area (Å²) in [6, 6.07) is 11.0. The third-order valence-electron chi connectivity index (χ3n) is 10.9. The van der Waals surface area contributed by atoms with Crippen LogP contribution in [-0.2, 0) is 19.1 Å². The molecule has 0 bridgehead atoms. The highest BCUT2D eigenvalue weighted by molar-refractivity contribution is 5.96. The van der Waals surface area contributed by atoms with E-state index in [0.29, 0.717) is 46.6 Å². The van der Waals surface area contributed by atoms with Crippen molar-refractivity contribution in [1.29, 1.82) is 0 Å². The van der Waals surface area contributed by atoms with Crippen LogP contribution in [0.5, 0.6) is 11.5 Å². The topological polar surface area (TPSA) is 169 Å². The second-order valence-corrected chi connectivity index (χ2v) is 14.7. The van der Waals surface area contributed by atoms with Crippen molar-refractivity contribution < 1.29 is 38.5 Å². The number of aryl methyl sites for hydroxylation is 1. The van der Waals surface area contributed by atoms with E-state index in [4.69, 9.17) is 19.2 Å². The van der Waals surface area contributed by atoms with E-state index in [1.54, 1.807) is 13.2 Å². The normalized spacial score (nSPS) is 27.1. The molecule has 2 aliphatic carbocycles. The zero-order valence-electron chi connectivity index (χ0n) is 30.2. The highest BCUT2D eigenvalue weighted by atomic mass is 16.6. The Morgan fingerprint density at radius 2 is 1.79 bits per heavy atom. The number of amides is 3. The second kappa shape index (κ2) is 15.4. The Balaban J connectivity index is 1.21. The summed E-state index contributed by atoms with van der Waals surface area (Å²) in [6.07, 6.45) is 9.74. The summed E-state index contributed by atoms with van der Waals surface area (Å²) in [5, 5.41) is 16.6. The number of pyridine rings is 2. The van der Waals surface area contributed by atoms with E-state index in [0.717, 1.165) is 50.6 Å². The van der Waals surface area contributed by atoms with Gasteiger partial charge in [0.25, 0.3) is 0 Å². The van der Waals surface area contributed by atoms with E-state index in [-0.39, 0.29) is 31.4 Å². The summed E-state index contributed by atoms with van der Waals surface area (Å²) in [4.78, 5) is 65.2. The first-order chi connectivity index (χ1) is 25.6. The fraction of sp³-hybridized carbons (Fsp3) is 0.500. The maximum atomic E-state index is 14.5. The number of carboxylic acids is 1. The van der Waals surface area contributed by atoms with E-state index in [1.807, 2.05) is 55.5 Å². The molecule has 1 aromatic carbocycles. The molecule has 53 heavy (non-hydrogen) atoms. The Bertz CT molecular complexity index is 1910. The smallest absolute Gasteiger partial charge is 0.408 e. The van der Waals surface area contributed by atoms with Crippen molar-refractivity contribution in [2.75, 3.05) is 13.7 Å². The molecule has 0 spiro atoms. The predicted octanol–water partition coefficient (Wildman–Crippen LogP) is 5.48. The number of carbonyl (C=O) groups is 4. The number of hydrogen-bond acceptors (Lipinski definition) is 9. The number of carboxylic acid groups (broad SMARTS) is 1. The predicted molar refractivity (Wildman–Crippen MR) is 195 cm³/mol. The molecule has 13 nitrogen and oxygen atoms in total. The van der Waals surface area contributed by atoms with Crippen LogP contribution in [-0.4, -0.2) is 87.3 Å². The number of hydrogen-bond donors (Lipinski definition) is 3. The van der Waals surface area contributed by atoms with E-state index in [1.165, 1.54) is 4.90 Å². The van der Waals surface area contributed by atoms with Crippen LogP contribution in [0.15, 0.2) is 54.6 Å². The Hall–Kier alpha value is -5.20. The molecule has 13 heteroatoms. The zero-order valence-corrected chi connectivity index (χ0v) is 30.2. The van der Waals surface area contributed by atoms with Gasteiger partial charge < -0.3 is 34.9 Å². The Labute approximate surface area is 308 Å². The summed E-state index contributed by atoms with van der Waals surface area (Å²) >= 11 is 0. The monoisotopic (exact) mass is 725 g/mol. The number of fused-ring (bicyclic) bond motifs is 3. The first-order valence-electron chi connectivity index (χ1n) is 18.7. The highest BCUT2D eigenvalue weighted by Gasteiger charge is 2.61. The standard InChI is InChI=1S/C40H47N5O8/c1-24-11-10-16-30(41-24)33-21-35(29-18-17-27(51-2)19-32(29)42-33)52-28-20-34-36(46)44-40(38(48)49)22-25(40)12-6-4-3-5-7-15-31(37(47)45(34)23-28)43-39(50)53-26-13-8-9-14-26/h6,10-12,16-19,21,25-26,28,31,34H,3-5,7-9,13-15,20,22-23H2,1-2H3,(H,43,50)(H,44,46)(H,48,49)/b12-6-/t25-,28-,31-,34?,40-/m1/s1. The molecular weight excluding hydrogens is 678 g/mol. The minimum Gasteiger partial charge on any atom is -0.497 e. The molecule has 3 amide bonds. The molecule has 1 unspecified atom stereocenters. The second-order valence-electron chi connectivity index (χ2n) is 14.7. The van der Waals surface area contributed by atoms with Crippen molar-refractivity contribution in [1.82, 2.24) is 25.5 Å². The van der Waals surface area contributed by atoms with Crippen LogP contribution >= 0.6 is 0 Å². The number of carbonyl (C=O) groups excluding carboxylic acids is 3. The lowest BCUT2D eigenvalue weighted by Gasteiger charge is -2.29. The molecule has 4 heterocycles. The molecule has 5 atom stereocenters. The van der Waals surface area contributed by atoms with Gasteiger partial charge in [-0.05, 0) is 82.6 Å². The van der Waals surface area contributed by atoms with Gasteiger partial charge in [-0.2, -0.15) is 0 Å². The number of aliphatic carboxylic acids is 1. The molecule has 3 N–H and O–H groups in total. The molecule has 3 aromatic rings. The summed E-state index contributed by atoms with van der Waals surface area (Å²) in [5.74, 6) is -1.36. The number of rotatable bonds is 7. The molecule has 0 radical (unpaired) electrons. The van der Waals surface area contributed by atoms with E-state index in [9.17, 15) is 24.3 Å². The number of nitrogens with one attached hydrogen (secondary N) is 2. The van der Waals surface area contributed by atoms with Gasteiger partial charge in [-0.3, -0.25) is 14.6 Å². The lowest BCUT2D eigenvalue weighted by molar-refractivity contribution is -0.145. The first kappa shape index (κ1) is 36.2. The summed E-state index contributed by atoms with van der Waals surface area (Å²) < 4.78 is 17.8. The van der Waals surface area contributed by atoms with Crippen molar-refractivity contribution in [3.8, 4) is 22.9 Å². The maximum Gasteiger partial charge on any atom is 0.408 e. The van der Waals surface area contributed by atoms with Gasteiger partial charge in [0.2, 0.25) is 11.8 Å². The number of aromatic nitrogens is 2. The minimum atomic E-state index is -1.44. The molecule has 1 saturated heterocycles. The van der Waals surface area contributed by atoms with Crippen LogP contribution in [0.3, 0.4) is 0 Å². The quantitative estimate of drug-likeness (QED) is 0.265. The van der Waals surface area contributed by atoms with Crippen molar-refractivity contribution in [3.63, 3.8) is 0 Å². The van der Waals surface area contributed by atoms with Gasteiger partial charge in [0.05, 0.1) is 30.6 Å². The van der Waals surface area contributed by atoms with Gasteiger partial charge in [0.1, 0.15) is 41.3 Å². The number of ether oxygens (including phenoxy) is 3. The largest absolute Gasteiger partial charge is 0.497 e. The van der Waals surface area contributed by atoms with Gasteiger partial charge >= 0.3 is 12.1 Å². The van der Waals surface area contributed by atoms with E-state index < -0.39 is 47.6 Å². The molecule has 3 fully saturated rings. The first-order valence-corrected chi connectivity index (χ1v) is 18.7. The highest BCUT2D eigenvalue weighted by Crippen LogP contribution is 2.45. The molecular formula is C40H47N5O8. The van der Waals surface area contributed by atoms with Crippen molar-refractivity contribution >= 4 is 34.8 Å². The van der Waals surface area contributed by atoms with Crippen LogP contribution in [0.4, 0.5) is 4.79 Å². The molecule has 4 aliphatic rings. The van der Waals surface area contributed by atoms with Gasteiger partial charge in [-0.15, -0.1) is 0 Å². The zero-order chi connectivity index (χ0) is 37.1. The molecule has 7 rings (SSSR count). The number of methoxy groups -OCH3 is 1. The maximum absolute atomic E-state index is 14.5. The third-order valence-corrected chi connectivity index (χ3v) is 10.9. The average Bonchev–Trinajstić information content (AvgIpc) is 3.40. The summed E-state index contributed by atoms with van der Waals surface area (Å²) in [5.41, 5.74) is 1.22. The van der Waals surface area contributed by atoms with Crippen molar-refractivity contribution in [2.24, 2.45) is 5.92 Å². The summed E-state index contributed by atoms with van der Waals surface area (Å²) in [6.45, 7) is 1.94. The number of allylic oxidation sites excluding steroid dienone is 1. The SMILES string of the molecule is COc1ccc2c(O[C@@H]3CC4C(=O)N[C@]5(C(=O)O)C[C@H]5/C=C\CCCCC[C@@H](NC(=O)OC5CCCC5)C(=O)N4C3)cc(-c3cccc(C)n3)nc2c1. The Kier molecular flexibility index (Phi) is 10.5. The van der Waals surface area contributed by atoms with Crippen LogP contribution in [0.1, 0.15) is 76.3 Å².